The van der Waals surface area contributed by atoms with Gasteiger partial charge in [-0.05, 0) is 66.2 Å². The highest BCUT2D eigenvalue weighted by Crippen LogP contribution is 2.48. The smallest absolute Gasteiger partial charge is 0.266 e. The van der Waals surface area contributed by atoms with E-state index in [1.165, 1.54) is 4.90 Å². The highest BCUT2D eigenvalue weighted by molar-refractivity contribution is 6.31. The summed E-state index contributed by atoms with van der Waals surface area (Å²) in [6, 6.07) is 20.8. The van der Waals surface area contributed by atoms with E-state index in [0.29, 0.717) is 27.9 Å². The van der Waals surface area contributed by atoms with Crippen molar-refractivity contribution in [1.29, 1.82) is 0 Å². The van der Waals surface area contributed by atoms with Gasteiger partial charge in [0, 0.05) is 5.02 Å². The summed E-state index contributed by atoms with van der Waals surface area (Å²) in [6.45, 7) is 0. The van der Waals surface area contributed by atoms with E-state index in [2.05, 4.69) is 0 Å². The second-order valence-corrected chi connectivity index (χ2v) is 8.22. The Labute approximate surface area is 196 Å². The highest BCUT2D eigenvalue weighted by atomic mass is 35.5. The minimum atomic E-state index is -0.942. The Morgan fingerprint density at radius 2 is 1.30 bits per heavy atom. The van der Waals surface area contributed by atoms with Gasteiger partial charge in [-0.3, -0.25) is 14.4 Å². The van der Waals surface area contributed by atoms with Gasteiger partial charge in [-0.25, -0.2) is 9.96 Å². The van der Waals surface area contributed by atoms with Crippen LogP contribution in [0.5, 0.6) is 11.5 Å². The maximum absolute atomic E-state index is 13.6. The molecule has 0 N–H and O–H groups in total. The number of benzene rings is 3. The van der Waals surface area contributed by atoms with E-state index in [1.54, 1.807) is 43.5 Å². The molecular formula is C25H21ClN2O5. The van der Waals surface area contributed by atoms with Crippen LogP contribution in [0.1, 0.15) is 11.6 Å². The van der Waals surface area contributed by atoms with Crippen LogP contribution in [0.15, 0.2) is 72.8 Å². The van der Waals surface area contributed by atoms with Crippen molar-refractivity contribution in [2.24, 2.45) is 5.92 Å². The van der Waals surface area contributed by atoms with E-state index in [1.807, 2.05) is 48.5 Å². The Morgan fingerprint density at radius 1 is 0.758 bits per heavy atom. The minimum absolute atomic E-state index is 0.316. The number of amides is 2. The first kappa shape index (κ1) is 21.3. The average Bonchev–Trinajstić information content (AvgIpc) is 3.36. The van der Waals surface area contributed by atoms with Gasteiger partial charge >= 0.3 is 0 Å². The molecule has 168 valence electrons. The zero-order valence-electron chi connectivity index (χ0n) is 18.0. The molecule has 3 aromatic carbocycles. The maximum Gasteiger partial charge on any atom is 0.266 e. The third-order valence-electron chi connectivity index (χ3n) is 5.98. The fourth-order valence-electron chi connectivity index (χ4n) is 4.35. The van der Waals surface area contributed by atoms with Gasteiger partial charge in [0.15, 0.2) is 6.10 Å². The van der Waals surface area contributed by atoms with Gasteiger partial charge < -0.3 is 9.47 Å². The number of carbonyl (C=O) groups is 2. The van der Waals surface area contributed by atoms with Crippen LogP contribution in [0, 0.1) is 5.92 Å². The third-order valence-corrected chi connectivity index (χ3v) is 6.24. The number of fused-ring (bicyclic) bond motifs is 1. The standard InChI is InChI=1S/C25H21ClN2O5/c1-31-19-11-3-15(4-12-19)22-21-23(33-28(22)18-9-13-20(32-2)14-10-18)25(30)27(24(21)29)17-7-5-16(26)6-8-17/h3-14,21-23H,1-2H3. The number of halogens is 1. The molecule has 0 radical (unpaired) electrons. The van der Waals surface area contributed by atoms with Crippen molar-refractivity contribution in [3.05, 3.63) is 83.4 Å². The summed E-state index contributed by atoms with van der Waals surface area (Å²) in [6.07, 6.45) is -0.942. The molecule has 2 saturated heterocycles. The van der Waals surface area contributed by atoms with Crippen molar-refractivity contribution >= 4 is 34.8 Å². The zero-order chi connectivity index (χ0) is 23.1. The Morgan fingerprint density at radius 3 is 1.88 bits per heavy atom. The maximum atomic E-state index is 13.6. The summed E-state index contributed by atoms with van der Waals surface area (Å²) in [5.74, 6) is -0.0447. The van der Waals surface area contributed by atoms with Crippen molar-refractivity contribution in [2.75, 3.05) is 24.2 Å². The van der Waals surface area contributed by atoms with Crippen LogP contribution < -0.4 is 19.4 Å². The first-order valence-electron chi connectivity index (χ1n) is 10.4. The quantitative estimate of drug-likeness (QED) is 0.521. The highest BCUT2D eigenvalue weighted by Gasteiger charge is 2.60. The number of rotatable bonds is 5. The SMILES string of the molecule is COc1ccc(C2C3C(=O)N(c4ccc(Cl)cc4)C(=O)C3ON2c2ccc(OC)cc2)cc1. The van der Waals surface area contributed by atoms with Gasteiger partial charge in [-0.2, -0.15) is 0 Å². The molecule has 2 fully saturated rings. The fraction of sp³-hybridized carbons (Fsp3) is 0.200. The van der Waals surface area contributed by atoms with Crippen LogP contribution in [0.3, 0.4) is 0 Å². The summed E-state index contributed by atoms with van der Waals surface area (Å²) in [5.41, 5.74) is 2.01. The van der Waals surface area contributed by atoms with Gasteiger partial charge in [0.1, 0.15) is 17.4 Å². The van der Waals surface area contributed by atoms with Crippen LogP contribution in [-0.2, 0) is 14.4 Å². The normalized spacial score (nSPS) is 22.0. The lowest BCUT2D eigenvalue weighted by Gasteiger charge is -2.29. The van der Waals surface area contributed by atoms with Gasteiger partial charge in [-0.15, -0.1) is 0 Å². The fourth-order valence-corrected chi connectivity index (χ4v) is 4.48. The van der Waals surface area contributed by atoms with E-state index in [9.17, 15) is 9.59 Å². The minimum Gasteiger partial charge on any atom is -0.497 e. The van der Waals surface area contributed by atoms with Gasteiger partial charge in [-0.1, -0.05) is 23.7 Å². The van der Waals surface area contributed by atoms with Gasteiger partial charge in [0.25, 0.3) is 5.91 Å². The molecule has 0 bridgehead atoms. The zero-order valence-corrected chi connectivity index (χ0v) is 18.7. The molecule has 2 heterocycles. The Kier molecular flexibility index (Phi) is 5.44. The summed E-state index contributed by atoms with van der Waals surface area (Å²) in [5, 5.41) is 2.17. The van der Waals surface area contributed by atoms with Gasteiger partial charge in [0.05, 0.1) is 31.6 Å². The Hall–Kier alpha value is -3.55. The summed E-state index contributed by atoms with van der Waals surface area (Å²) < 4.78 is 10.5. The largest absolute Gasteiger partial charge is 0.497 e. The number of ether oxygens (including phenoxy) is 2. The molecule has 0 aromatic heterocycles. The lowest BCUT2D eigenvalue weighted by atomic mass is 9.90. The van der Waals surface area contributed by atoms with Crippen molar-refractivity contribution in [3.8, 4) is 11.5 Å². The van der Waals surface area contributed by atoms with Crippen molar-refractivity contribution in [1.82, 2.24) is 0 Å². The molecule has 2 aliphatic heterocycles. The van der Waals surface area contributed by atoms with Crippen molar-refractivity contribution in [2.45, 2.75) is 12.1 Å². The molecule has 2 amide bonds. The lowest BCUT2D eigenvalue weighted by molar-refractivity contribution is -0.126. The average molecular weight is 465 g/mol. The van der Waals surface area contributed by atoms with E-state index >= 15 is 0 Å². The first-order chi connectivity index (χ1) is 16.0. The number of carbonyl (C=O) groups excluding carboxylic acids is 2. The molecule has 33 heavy (non-hydrogen) atoms. The van der Waals surface area contributed by atoms with E-state index < -0.39 is 24.0 Å². The molecule has 2 aliphatic rings. The number of hydroxylamine groups is 1. The monoisotopic (exact) mass is 464 g/mol. The molecule has 0 spiro atoms. The molecule has 7 nitrogen and oxygen atoms in total. The number of imide groups is 1. The second kappa shape index (κ2) is 8.42. The van der Waals surface area contributed by atoms with Crippen LogP contribution >= 0.6 is 11.6 Å². The Balaban J connectivity index is 1.56. The topological polar surface area (TPSA) is 68.3 Å². The number of nitrogens with zero attached hydrogens (tertiary/aromatic N) is 2. The molecular weight excluding hydrogens is 444 g/mol. The van der Waals surface area contributed by atoms with Crippen LogP contribution in [-0.4, -0.2) is 32.1 Å². The molecule has 3 unspecified atom stereocenters. The third kappa shape index (κ3) is 3.59. The molecule has 3 aromatic rings. The predicted molar refractivity (Wildman–Crippen MR) is 124 cm³/mol. The van der Waals surface area contributed by atoms with Crippen molar-refractivity contribution < 1.29 is 23.9 Å². The van der Waals surface area contributed by atoms with Gasteiger partial charge in [0.2, 0.25) is 5.91 Å². The molecule has 0 aliphatic carbocycles. The first-order valence-corrected chi connectivity index (χ1v) is 10.8. The number of hydrogen-bond acceptors (Lipinski definition) is 6. The molecule has 8 heteroatoms. The Bertz CT molecular complexity index is 1180. The molecule has 0 saturated carbocycles. The molecule has 3 atom stereocenters. The van der Waals surface area contributed by atoms with E-state index in [-0.39, 0.29) is 5.91 Å². The molecule has 5 rings (SSSR count). The van der Waals surface area contributed by atoms with Crippen LogP contribution in [0.2, 0.25) is 5.02 Å². The summed E-state index contributed by atoms with van der Waals surface area (Å²) in [7, 11) is 3.19. The predicted octanol–water partition coefficient (Wildman–Crippen LogP) is 4.41. The lowest BCUT2D eigenvalue weighted by Crippen LogP contribution is -2.37. The van der Waals surface area contributed by atoms with Crippen LogP contribution in [0.4, 0.5) is 11.4 Å². The number of hydrogen-bond donors (Lipinski definition) is 0. The van der Waals surface area contributed by atoms with E-state index in [4.69, 9.17) is 25.9 Å². The summed E-state index contributed by atoms with van der Waals surface area (Å²) in [4.78, 5) is 34.2. The number of methoxy groups -OCH3 is 2. The second-order valence-electron chi connectivity index (χ2n) is 7.78. The van der Waals surface area contributed by atoms with E-state index in [0.717, 1.165) is 5.56 Å². The van der Waals surface area contributed by atoms with Crippen LogP contribution in [0.25, 0.3) is 0 Å². The summed E-state index contributed by atoms with van der Waals surface area (Å²) >= 11 is 5.98. The van der Waals surface area contributed by atoms with Crippen molar-refractivity contribution in [3.63, 3.8) is 0 Å². The number of anilines is 2.